The summed E-state index contributed by atoms with van der Waals surface area (Å²) in [6, 6.07) is 7.31. The number of nitriles is 1. The minimum absolute atomic E-state index is 0.00519. The number of rotatable bonds is 0. The fourth-order valence-electron chi connectivity index (χ4n) is 1.44. The van der Waals surface area contributed by atoms with Gasteiger partial charge in [-0.3, -0.25) is 5.41 Å². The van der Waals surface area contributed by atoms with Gasteiger partial charge in [-0.15, -0.1) is 0 Å². The number of ether oxygens (including phenoxy) is 1. The number of fused-ring (bicyclic) bond motifs is 1. The van der Waals surface area contributed by atoms with Gasteiger partial charge < -0.3 is 10.5 Å². The average Bonchev–Trinajstić information content (AvgIpc) is 2.16. The molecule has 4 heteroatoms. The molecule has 2 rings (SSSR count). The Balaban J connectivity index is 2.41. The summed E-state index contributed by atoms with van der Waals surface area (Å²) in [6.45, 7) is 0. The predicted octanol–water partition coefficient (Wildman–Crippen LogP) is 1.32. The smallest absolute Gasteiger partial charge is 0.205 e. The van der Waals surface area contributed by atoms with Gasteiger partial charge in [-0.05, 0) is 11.6 Å². The molecular weight excluding hydrogens is 178 g/mol. The van der Waals surface area contributed by atoms with Crippen LogP contribution < -0.4 is 10.5 Å². The maximum absolute atomic E-state index is 8.75. The van der Waals surface area contributed by atoms with Gasteiger partial charge >= 0.3 is 0 Å². The molecule has 0 aromatic heterocycles. The van der Waals surface area contributed by atoms with E-state index in [2.05, 4.69) is 0 Å². The van der Waals surface area contributed by atoms with Crippen molar-refractivity contribution in [3.05, 3.63) is 23.8 Å². The van der Waals surface area contributed by atoms with Crippen molar-refractivity contribution in [1.29, 1.82) is 10.7 Å². The molecule has 1 atom stereocenters. The predicted molar refractivity (Wildman–Crippen MR) is 52.0 cm³/mol. The fourth-order valence-corrected chi connectivity index (χ4v) is 1.44. The number of nitrogens with two attached hydrogens (primary N) is 1. The highest BCUT2D eigenvalue weighted by atomic mass is 16.5. The molecule has 3 N–H and O–H groups in total. The molecule has 1 aliphatic heterocycles. The molecule has 0 saturated heterocycles. The highest BCUT2D eigenvalue weighted by Gasteiger charge is 2.24. The summed E-state index contributed by atoms with van der Waals surface area (Å²) in [6.07, 6.45) is 0.533. The van der Waals surface area contributed by atoms with Crippen molar-refractivity contribution in [2.75, 3.05) is 5.73 Å². The summed E-state index contributed by atoms with van der Waals surface area (Å²) in [5.74, 6) is 0.137. The number of hydrogen-bond donors (Lipinski definition) is 2. The van der Waals surface area contributed by atoms with Crippen molar-refractivity contribution in [1.82, 2.24) is 0 Å². The highest BCUT2D eigenvalue weighted by Crippen LogP contribution is 2.29. The SMILES string of the molecule is N#CC1Cc2ccc(N)cc2OC1=N. The monoisotopic (exact) mass is 187 g/mol. The van der Waals surface area contributed by atoms with E-state index in [-0.39, 0.29) is 5.90 Å². The van der Waals surface area contributed by atoms with Gasteiger partial charge in [0.05, 0.1) is 6.07 Å². The van der Waals surface area contributed by atoms with Crippen LogP contribution in [0.2, 0.25) is 0 Å². The molecule has 4 nitrogen and oxygen atoms in total. The topological polar surface area (TPSA) is 82.9 Å². The van der Waals surface area contributed by atoms with E-state index in [1.54, 1.807) is 12.1 Å². The number of nitrogen functional groups attached to an aromatic ring is 1. The summed E-state index contributed by atoms with van der Waals surface area (Å²) >= 11 is 0. The lowest BCUT2D eigenvalue weighted by Gasteiger charge is -2.21. The molecule has 1 aromatic carbocycles. The Bertz CT molecular complexity index is 433. The van der Waals surface area contributed by atoms with Crippen LogP contribution in [0.4, 0.5) is 5.69 Å². The second-order valence-corrected chi connectivity index (χ2v) is 3.22. The fraction of sp³-hybridized carbons (Fsp3) is 0.200. The molecule has 0 amide bonds. The maximum atomic E-state index is 8.75. The Labute approximate surface area is 81.4 Å². The maximum Gasteiger partial charge on any atom is 0.205 e. The third-order valence-electron chi connectivity index (χ3n) is 2.21. The van der Waals surface area contributed by atoms with Crippen LogP contribution in [-0.2, 0) is 6.42 Å². The van der Waals surface area contributed by atoms with Crippen molar-refractivity contribution in [2.24, 2.45) is 5.92 Å². The van der Waals surface area contributed by atoms with E-state index in [0.29, 0.717) is 17.9 Å². The van der Waals surface area contributed by atoms with E-state index in [4.69, 9.17) is 21.1 Å². The van der Waals surface area contributed by atoms with Crippen molar-refractivity contribution >= 4 is 11.6 Å². The lowest BCUT2D eigenvalue weighted by molar-refractivity contribution is 0.472. The average molecular weight is 187 g/mol. The summed E-state index contributed by atoms with van der Waals surface area (Å²) in [4.78, 5) is 0. The van der Waals surface area contributed by atoms with E-state index >= 15 is 0 Å². The number of nitrogens with zero attached hydrogens (tertiary/aromatic N) is 1. The normalized spacial score (nSPS) is 19.4. The zero-order valence-corrected chi connectivity index (χ0v) is 7.45. The van der Waals surface area contributed by atoms with Gasteiger partial charge in [0.1, 0.15) is 11.7 Å². The lowest BCUT2D eigenvalue weighted by atomic mass is 9.97. The number of anilines is 1. The summed E-state index contributed by atoms with van der Waals surface area (Å²) in [7, 11) is 0. The Hall–Kier alpha value is -2.02. The van der Waals surface area contributed by atoms with Gasteiger partial charge in [0.25, 0.3) is 0 Å². The van der Waals surface area contributed by atoms with Gasteiger partial charge in [-0.25, -0.2) is 0 Å². The standard InChI is InChI=1S/C10H9N3O/c11-5-7-3-6-1-2-8(12)4-9(6)14-10(7)13/h1-2,4,7,13H,3,12H2. The van der Waals surface area contributed by atoms with Gasteiger partial charge in [0, 0.05) is 18.2 Å². The van der Waals surface area contributed by atoms with Crippen LogP contribution in [0.5, 0.6) is 5.75 Å². The largest absolute Gasteiger partial charge is 0.442 e. The Morgan fingerprint density at radius 3 is 3.07 bits per heavy atom. The second-order valence-electron chi connectivity index (χ2n) is 3.22. The third kappa shape index (κ3) is 1.29. The molecule has 0 saturated carbocycles. The molecule has 1 aromatic rings. The summed E-state index contributed by atoms with van der Waals surface area (Å²) in [5, 5.41) is 16.2. The first-order valence-electron chi connectivity index (χ1n) is 4.25. The van der Waals surface area contributed by atoms with Crippen LogP contribution in [0.15, 0.2) is 18.2 Å². The minimum atomic E-state index is -0.467. The Morgan fingerprint density at radius 2 is 2.36 bits per heavy atom. The molecule has 0 radical (unpaired) electrons. The van der Waals surface area contributed by atoms with Gasteiger partial charge in [0.2, 0.25) is 5.90 Å². The van der Waals surface area contributed by atoms with Crippen molar-refractivity contribution in [2.45, 2.75) is 6.42 Å². The molecule has 14 heavy (non-hydrogen) atoms. The van der Waals surface area contributed by atoms with Crippen LogP contribution in [-0.4, -0.2) is 5.90 Å². The van der Waals surface area contributed by atoms with Crippen LogP contribution >= 0.6 is 0 Å². The van der Waals surface area contributed by atoms with Crippen LogP contribution in [0.1, 0.15) is 5.56 Å². The van der Waals surface area contributed by atoms with E-state index in [1.165, 1.54) is 0 Å². The van der Waals surface area contributed by atoms with Crippen molar-refractivity contribution < 1.29 is 4.74 Å². The first-order valence-corrected chi connectivity index (χ1v) is 4.25. The number of nitrogens with one attached hydrogen (secondary N) is 1. The van der Waals surface area contributed by atoms with Gasteiger partial charge in [0.15, 0.2) is 0 Å². The Morgan fingerprint density at radius 1 is 1.57 bits per heavy atom. The second kappa shape index (κ2) is 3.04. The quantitative estimate of drug-likeness (QED) is 0.601. The first kappa shape index (κ1) is 8.57. The number of hydrogen-bond acceptors (Lipinski definition) is 4. The molecule has 1 heterocycles. The van der Waals surface area contributed by atoms with Gasteiger partial charge in [-0.1, -0.05) is 6.07 Å². The zero-order valence-electron chi connectivity index (χ0n) is 7.45. The zero-order chi connectivity index (χ0) is 10.1. The molecule has 1 aliphatic rings. The molecule has 0 bridgehead atoms. The first-order chi connectivity index (χ1) is 6.70. The van der Waals surface area contributed by atoms with Crippen LogP contribution in [0.25, 0.3) is 0 Å². The van der Waals surface area contributed by atoms with Crippen LogP contribution in [0, 0.1) is 22.7 Å². The van der Waals surface area contributed by atoms with Crippen molar-refractivity contribution in [3.63, 3.8) is 0 Å². The lowest BCUT2D eigenvalue weighted by Crippen LogP contribution is -2.25. The molecule has 0 spiro atoms. The van der Waals surface area contributed by atoms with E-state index in [0.717, 1.165) is 5.56 Å². The summed E-state index contributed by atoms with van der Waals surface area (Å²) in [5.41, 5.74) is 7.11. The third-order valence-corrected chi connectivity index (χ3v) is 2.21. The summed E-state index contributed by atoms with van der Waals surface area (Å²) < 4.78 is 5.20. The highest BCUT2D eigenvalue weighted by molar-refractivity contribution is 5.83. The van der Waals surface area contributed by atoms with E-state index in [1.807, 2.05) is 12.1 Å². The molecule has 1 unspecified atom stereocenters. The van der Waals surface area contributed by atoms with E-state index < -0.39 is 5.92 Å². The number of benzene rings is 1. The molecular formula is C10H9N3O. The Kier molecular flexibility index (Phi) is 1.86. The molecule has 0 aliphatic carbocycles. The molecule has 70 valence electrons. The van der Waals surface area contributed by atoms with Crippen molar-refractivity contribution in [3.8, 4) is 11.8 Å². The van der Waals surface area contributed by atoms with Gasteiger partial charge in [-0.2, -0.15) is 5.26 Å². The molecule has 0 fully saturated rings. The minimum Gasteiger partial charge on any atom is -0.442 e. The van der Waals surface area contributed by atoms with E-state index in [9.17, 15) is 0 Å². The van der Waals surface area contributed by atoms with Crippen LogP contribution in [0.3, 0.4) is 0 Å².